The Morgan fingerprint density at radius 1 is 0.722 bits per heavy atom. The maximum Gasteiger partial charge on any atom is 0.435 e. The van der Waals surface area contributed by atoms with Crippen molar-refractivity contribution in [2.75, 3.05) is 6.61 Å². The minimum Gasteiger partial charge on any atom is -0.461 e. The number of hydrogen-bond donors (Lipinski definition) is 0. The van der Waals surface area contributed by atoms with E-state index in [-0.39, 0.29) is 65.2 Å². The number of esters is 1. The van der Waals surface area contributed by atoms with Crippen LogP contribution >= 0.6 is 46.4 Å². The molecule has 4 amide bonds. The molecule has 7 rings (SSSR count). The lowest BCUT2D eigenvalue weighted by molar-refractivity contribution is -0.276. The molecule has 72 heavy (non-hydrogen) atoms. The topological polar surface area (TPSA) is 166 Å². The van der Waals surface area contributed by atoms with Gasteiger partial charge in [-0.2, -0.15) is 26.3 Å². The van der Waals surface area contributed by atoms with Crippen molar-refractivity contribution >= 4 is 94.1 Å². The Balaban J connectivity index is 0.000000241. The quantitative estimate of drug-likeness (QED) is 0.0581. The van der Waals surface area contributed by atoms with E-state index in [1.807, 2.05) is 0 Å². The largest absolute Gasteiger partial charge is 0.461 e. The van der Waals surface area contributed by atoms with Gasteiger partial charge < -0.3 is 19.2 Å². The third-order valence-corrected chi connectivity index (χ3v) is 12.3. The predicted molar refractivity (Wildman–Crippen MR) is 243 cm³/mol. The number of carbonyl (C=O) groups is 5. The summed E-state index contributed by atoms with van der Waals surface area (Å²) >= 11 is 22.9. The summed E-state index contributed by atoms with van der Waals surface area (Å²) in [6.07, 6.45) is -11.3. The maximum atomic E-state index is 14.3. The van der Waals surface area contributed by atoms with Gasteiger partial charge in [0.2, 0.25) is 19.0 Å². The molecule has 3 aliphatic heterocycles. The summed E-state index contributed by atoms with van der Waals surface area (Å²) in [7, 11) is 0. The molecule has 0 fully saturated rings. The van der Waals surface area contributed by atoms with Crippen LogP contribution in [0.2, 0.25) is 20.1 Å². The number of imide groups is 2. The Labute approximate surface area is 422 Å². The molecular formula is C46H33Cl4F8N5O9. The highest BCUT2D eigenvalue weighted by Crippen LogP contribution is 2.52. The zero-order valence-corrected chi connectivity index (χ0v) is 40.1. The molecule has 0 saturated heterocycles. The van der Waals surface area contributed by atoms with Gasteiger partial charge in [-0.1, -0.05) is 80.6 Å². The molecule has 0 aliphatic carbocycles. The average Bonchev–Trinajstić information content (AvgIpc) is 4.11. The molecular weight excluding hydrogens is 1060 g/mol. The number of nitrogens with zero attached hydrogens (tertiary/aromatic N) is 5. The number of hydrogen-bond acceptors (Lipinski definition) is 12. The van der Waals surface area contributed by atoms with Crippen LogP contribution in [0.4, 0.5) is 35.1 Å². The van der Waals surface area contributed by atoms with Crippen molar-refractivity contribution in [1.82, 2.24) is 9.80 Å². The van der Waals surface area contributed by atoms with Crippen molar-refractivity contribution in [3.63, 3.8) is 0 Å². The van der Waals surface area contributed by atoms with E-state index in [1.165, 1.54) is 43.3 Å². The third-order valence-electron chi connectivity index (χ3n) is 11.2. The Bertz CT molecular complexity index is 2940. The van der Waals surface area contributed by atoms with Crippen molar-refractivity contribution in [1.29, 1.82) is 0 Å². The molecule has 3 heterocycles. The van der Waals surface area contributed by atoms with Crippen molar-refractivity contribution in [3.8, 4) is 0 Å². The van der Waals surface area contributed by atoms with Gasteiger partial charge in [0.25, 0.3) is 23.0 Å². The van der Waals surface area contributed by atoms with Gasteiger partial charge in [-0.15, -0.1) is 0 Å². The van der Waals surface area contributed by atoms with Crippen LogP contribution in [0.25, 0.3) is 0 Å². The number of oxime groups is 3. The second-order valence-electron chi connectivity index (χ2n) is 15.7. The van der Waals surface area contributed by atoms with E-state index in [0.29, 0.717) is 16.0 Å². The minimum atomic E-state index is -5.00. The zero-order chi connectivity index (χ0) is 53.2. The van der Waals surface area contributed by atoms with Gasteiger partial charge in [0.15, 0.2) is 17.3 Å². The van der Waals surface area contributed by atoms with Crippen LogP contribution in [0.3, 0.4) is 0 Å². The van der Waals surface area contributed by atoms with Crippen molar-refractivity contribution < 1.29 is 78.3 Å². The van der Waals surface area contributed by atoms with Crippen molar-refractivity contribution in [3.05, 3.63) is 150 Å². The van der Waals surface area contributed by atoms with Gasteiger partial charge in [0.05, 0.1) is 44.5 Å². The number of carbonyl (C=O) groups excluding carboxylic acids is 5. The minimum absolute atomic E-state index is 0.0303. The first-order chi connectivity index (χ1) is 33.8. The first kappa shape index (κ1) is 54.7. The van der Waals surface area contributed by atoms with Crippen molar-refractivity contribution in [2.45, 2.75) is 69.8 Å². The number of alkyl halides is 6. The lowest BCUT2D eigenvalue weighted by Crippen LogP contribution is -2.42. The second-order valence-corrected chi connectivity index (χ2v) is 17.3. The van der Waals surface area contributed by atoms with E-state index in [4.69, 9.17) is 65.7 Å². The molecule has 0 radical (unpaired) electrons. The molecule has 14 nitrogen and oxygen atoms in total. The number of aryl methyl sites for hydroxylation is 2. The van der Waals surface area contributed by atoms with Gasteiger partial charge in [-0.25, -0.2) is 18.5 Å². The lowest BCUT2D eigenvalue weighted by atomic mass is 9.86. The lowest BCUT2D eigenvalue weighted by Gasteiger charge is -2.29. The molecule has 380 valence electrons. The fourth-order valence-electron chi connectivity index (χ4n) is 7.41. The highest BCUT2D eigenvalue weighted by molar-refractivity contribution is 6.37. The standard InChI is InChI=1S/C25H19Cl2F4N3O6.C21H14Cl2F4N2O3/c1-3-38-23(37)18-9-20(39-32-18)34(11-35)22(36)15-5-4-13(6-12(15)2)19-10-24(40-33-19,25(29,30)31)14-7-16(26)21(28)17(27)8-14;1-3-29(10-30)19(31)14-5-4-12(6-11(14)2)17-9-20(32-28-17,21(25,26)27)13-7-15(22)18(24)16(23)8-13/h4-8,11,20H,3,9-10H2,1-2H3;3-8,10H,1,9H2,2H3/t20?,24-;20-/m00/s1. The number of halogens is 12. The smallest absolute Gasteiger partial charge is 0.435 e. The fourth-order valence-corrected chi connectivity index (χ4v) is 8.38. The van der Waals surface area contributed by atoms with Crippen LogP contribution < -0.4 is 0 Å². The third kappa shape index (κ3) is 10.5. The van der Waals surface area contributed by atoms with Gasteiger partial charge in [-0.05, 0) is 91.6 Å². The fraction of sp³-hybridized carbons (Fsp3) is 0.261. The van der Waals surface area contributed by atoms with Gasteiger partial charge in [-0.3, -0.25) is 24.1 Å². The molecule has 1 unspecified atom stereocenters. The van der Waals surface area contributed by atoms with Gasteiger partial charge >= 0.3 is 18.3 Å². The van der Waals surface area contributed by atoms with E-state index in [9.17, 15) is 59.1 Å². The van der Waals surface area contributed by atoms with Crippen LogP contribution in [0.1, 0.15) is 80.3 Å². The highest BCUT2D eigenvalue weighted by atomic mass is 35.5. The molecule has 3 atom stereocenters. The van der Waals surface area contributed by atoms with E-state index in [2.05, 4.69) is 22.0 Å². The maximum absolute atomic E-state index is 14.3. The molecule has 4 aromatic carbocycles. The summed E-state index contributed by atoms with van der Waals surface area (Å²) in [6, 6.07) is 11.3. The molecule has 0 spiro atoms. The first-order valence-electron chi connectivity index (χ1n) is 20.5. The molecule has 26 heteroatoms. The molecule has 0 saturated carbocycles. The molecule has 0 bridgehead atoms. The summed E-state index contributed by atoms with van der Waals surface area (Å²) in [5.41, 5.74) is -5.91. The zero-order valence-electron chi connectivity index (χ0n) is 37.1. The second kappa shape index (κ2) is 21.2. The van der Waals surface area contributed by atoms with Crippen molar-refractivity contribution in [2.24, 2.45) is 15.5 Å². The predicted octanol–water partition coefficient (Wildman–Crippen LogP) is 11.1. The molecule has 3 aliphatic rings. The summed E-state index contributed by atoms with van der Waals surface area (Å²) in [4.78, 5) is 76.3. The van der Waals surface area contributed by atoms with Gasteiger partial charge in [0.1, 0.15) is 0 Å². The van der Waals surface area contributed by atoms with Crippen LogP contribution in [-0.2, 0) is 44.8 Å². The average molecular weight is 1090 g/mol. The van der Waals surface area contributed by atoms with Crippen LogP contribution in [-0.4, -0.2) is 82.7 Å². The van der Waals surface area contributed by atoms with E-state index < -0.39 is 103 Å². The first-order valence-corrected chi connectivity index (χ1v) is 22.0. The normalized spacial score (nSPS) is 19.3. The highest BCUT2D eigenvalue weighted by Gasteiger charge is 2.64. The Hall–Kier alpha value is -6.62. The molecule has 0 aromatic heterocycles. The summed E-state index contributed by atoms with van der Waals surface area (Å²) in [5.74, 6) is -4.31. The summed E-state index contributed by atoms with van der Waals surface area (Å²) in [5, 5.41) is 8.42. The van der Waals surface area contributed by atoms with Crippen LogP contribution in [0.5, 0.6) is 0 Å². The molecule has 0 N–H and O–H groups in total. The van der Waals surface area contributed by atoms with Crippen LogP contribution in [0.15, 0.2) is 88.9 Å². The number of rotatable bonds is 12. The summed E-state index contributed by atoms with van der Waals surface area (Å²) in [6.45, 7) is 8.11. The monoisotopic (exact) mass is 1090 g/mol. The van der Waals surface area contributed by atoms with E-state index in [1.54, 1.807) is 13.8 Å². The molecule has 4 aromatic rings. The Morgan fingerprint density at radius 2 is 1.15 bits per heavy atom. The number of amides is 4. The van der Waals surface area contributed by atoms with E-state index >= 15 is 0 Å². The van der Waals surface area contributed by atoms with E-state index in [0.717, 1.165) is 35.4 Å². The number of benzene rings is 4. The SMILES string of the molecule is C=CN(C=O)C(=O)c1ccc(C2=NO[C@@](c3cc(Cl)c(F)c(Cl)c3)(C(F)(F)F)C2)cc1C.CCOC(=O)C1=NOC(N(C=O)C(=O)c2ccc(C3=NO[C@@](c4cc(Cl)c(F)c(Cl)c4)(C(F)(F)F)C3)cc2C)C1. The Morgan fingerprint density at radius 3 is 1.51 bits per heavy atom. The van der Waals surface area contributed by atoms with Crippen LogP contribution in [0, 0.1) is 25.5 Å². The summed E-state index contributed by atoms with van der Waals surface area (Å²) < 4.78 is 118. The number of ether oxygens (including phenoxy) is 1. The van der Waals surface area contributed by atoms with Gasteiger partial charge in [0, 0.05) is 41.3 Å². The Kier molecular flexibility index (Phi) is 16.1.